The van der Waals surface area contributed by atoms with Crippen LogP contribution in [0.1, 0.15) is 19.0 Å². The molecular formula is C14H24N4O2S. The van der Waals surface area contributed by atoms with Gasteiger partial charge in [0.1, 0.15) is 6.26 Å². The van der Waals surface area contributed by atoms with E-state index in [4.69, 9.17) is 4.52 Å². The number of amides is 2. The molecule has 21 heavy (non-hydrogen) atoms. The standard InChI is InChI=1S/C14H24N4O2S/c1-12(4-10-21-2)15-14(19)18-7-5-17(6-8-18)11-13-3-9-20-16-13/h3,9,12H,4-8,10-11H2,1-2H3,(H,15,19)/t12-/m1/s1. The van der Waals surface area contributed by atoms with Gasteiger partial charge in [0.2, 0.25) is 0 Å². The summed E-state index contributed by atoms with van der Waals surface area (Å²) in [7, 11) is 0. The minimum atomic E-state index is 0.0599. The van der Waals surface area contributed by atoms with Crippen molar-refractivity contribution in [3.05, 3.63) is 18.0 Å². The zero-order valence-corrected chi connectivity index (χ0v) is 13.6. The number of aromatic nitrogens is 1. The first-order valence-corrected chi connectivity index (χ1v) is 8.74. The van der Waals surface area contributed by atoms with Crippen molar-refractivity contribution in [1.82, 2.24) is 20.3 Å². The molecule has 7 heteroatoms. The monoisotopic (exact) mass is 312 g/mol. The van der Waals surface area contributed by atoms with Gasteiger partial charge < -0.3 is 14.7 Å². The lowest BCUT2D eigenvalue weighted by molar-refractivity contribution is 0.132. The second kappa shape index (κ2) is 8.29. The van der Waals surface area contributed by atoms with Crippen molar-refractivity contribution in [1.29, 1.82) is 0 Å². The smallest absolute Gasteiger partial charge is 0.317 e. The highest BCUT2D eigenvalue weighted by atomic mass is 32.2. The van der Waals surface area contributed by atoms with Crippen LogP contribution in [0.4, 0.5) is 4.79 Å². The third-order valence-electron chi connectivity index (χ3n) is 3.66. The van der Waals surface area contributed by atoms with Gasteiger partial charge in [-0.1, -0.05) is 5.16 Å². The van der Waals surface area contributed by atoms with Crippen LogP contribution in [0, 0.1) is 0 Å². The Labute approximate surface area is 130 Å². The molecule has 0 aromatic carbocycles. The molecule has 0 radical (unpaired) electrons. The van der Waals surface area contributed by atoms with Gasteiger partial charge in [0, 0.05) is 44.8 Å². The van der Waals surface area contributed by atoms with Crippen molar-refractivity contribution < 1.29 is 9.32 Å². The number of carbonyl (C=O) groups excluding carboxylic acids is 1. The number of urea groups is 1. The predicted molar refractivity (Wildman–Crippen MR) is 84.3 cm³/mol. The number of hydrogen-bond acceptors (Lipinski definition) is 5. The van der Waals surface area contributed by atoms with E-state index in [0.29, 0.717) is 0 Å². The Balaban J connectivity index is 1.69. The SMILES string of the molecule is CSCC[C@@H](C)NC(=O)N1CCN(Cc2ccon2)CC1. The van der Waals surface area contributed by atoms with Gasteiger partial charge in [-0.3, -0.25) is 4.90 Å². The van der Waals surface area contributed by atoms with Crippen LogP contribution in [-0.4, -0.2) is 65.2 Å². The maximum absolute atomic E-state index is 12.2. The molecule has 6 nitrogen and oxygen atoms in total. The Hall–Kier alpha value is -1.21. The number of nitrogens with one attached hydrogen (secondary N) is 1. The highest BCUT2D eigenvalue weighted by Crippen LogP contribution is 2.08. The number of rotatable bonds is 6. The molecule has 2 rings (SSSR count). The topological polar surface area (TPSA) is 61.6 Å². The molecule has 0 bridgehead atoms. The summed E-state index contributed by atoms with van der Waals surface area (Å²) in [6, 6.07) is 2.18. The summed E-state index contributed by atoms with van der Waals surface area (Å²) in [5.41, 5.74) is 0.943. The summed E-state index contributed by atoms with van der Waals surface area (Å²) in [6.07, 6.45) is 4.69. The van der Waals surface area contributed by atoms with Crippen LogP contribution in [0.2, 0.25) is 0 Å². The maximum Gasteiger partial charge on any atom is 0.317 e. The average molecular weight is 312 g/mol. The van der Waals surface area contributed by atoms with E-state index in [0.717, 1.165) is 50.6 Å². The van der Waals surface area contributed by atoms with Gasteiger partial charge >= 0.3 is 6.03 Å². The molecule has 0 aliphatic carbocycles. The zero-order valence-electron chi connectivity index (χ0n) is 12.7. The Bertz CT molecular complexity index is 419. The molecule has 1 aromatic heterocycles. The van der Waals surface area contributed by atoms with Crippen LogP contribution in [0.3, 0.4) is 0 Å². The van der Waals surface area contributed by atoms with Gasteiger partial charge in [-0.05, 0) is 25.4 Å². The molecule has 1 aliphatic rings. The van der Waals surface area contributed by atoms with Crippen molar-refractivity contribution in [3.63, 3.8) is 0 Å². The molecule has 1 saturated heterocycles. The lowest BCUT2D eigenvalue weighted by Gasteiger charge is -2.34. The molecule has 0 unspecified atom stereocenters. The van der Waals surface area contributed by atoms with Crippen LogP contribution < -0.4 is 5.32 Å². The normalized spacial score (nSPS) is 17.7. The van der Waals surface area contributed by atoms with Crippen molar-refractivity contribution in [2.45, 2.75) is 25.9 Å². The fourth-order valence-electron chi connectivity index (χ4n) is 2.33. The lowest BCUT2D eigenvalue weighted by Crippen LogP contribution is -2.52. The van der Waals surface area contributed by atoms with E-state index < -0.39 is 0 Å². The van der Waals surface area contributed by atoms with Gasteiger partial charge in [0.05, 0.1) is 5.69 Å². The van der Waals surface area contributed by atoms with E-state index >= 15 is 0 Å². The molecule has 2 heterocycles. The van der Waals surface area contributed by atoms with Crippen LogP contribution in [-0.2, 0) is 6.54 Å². The van der Waals surface area contributed by atoms with Crippen molar-refractivity contribution >= 4 is 17.8 Å². The van der Waals surface area contributed by atoms with E-state index in [1.165, 1.54) is 0 Å². The van der Waals surface area contributed by atoms with E-state index in [1.54, 1.807) is 6.26 Å². The summed E-state index contributed by atoms with van der Waals surface area (Å²) in [5, 5.41) is 6.99. The van der Waals surface area contributed by atoms with Gasteiger partial charge in [-0.2, -0.15) is 11.8 Å². The van der Waals surface area contributed by atoms with Gasteiger partial charge in [0.25, 0.3) is 0 Å². The Kier molecular flexibility index (Phi) is 6.38. The average Bonchev–Trinajstić information content (AvgIpc) is 2.98. The van der Waals surface area contributed by atoms with Crippen LogP contribution in [0.25, 0.3) is 0 Å². The molecule has 1 aliphatic heterocycles. The molecule has 2 amide bonds. The third-order valence-corrected chi connectivity index (χ3v) is 4.31. The van der Waals surface area contributed by atoms with Gasteiger partial charge in [0.15, 0.2) is 0 Å². The Morgan fingerprint density at radius 2 is 2.24 bits per heavy atom. The summed E-state index contributed by atoms with van der Waals surface area (Å²) < 4.78 is 4.84. The van der Waals surface area contributed by atoms with E-state index in [-0.39, 0.29) is 12.1 Å². The highest BCUT2D eigenvalue weighted by molar-refractivity contribution is 7.98. The molecule has 1 aromatic rings. The van der Waals surface area contributed by atoms with Crippen LogP contribution in [0.15, 0.2) is 16.9 Å². The van der Waals surface area contributed by atoms with Crippen molar-refractivity contribution in [2.75, 3.05) is 38.2 Å². The molecule has 0 saturated carbocycles. The molecule has 118 valence electrons. The van der Waals surface area contributed by atoms with Crippen LogP contribution in [0.5, 0.6) is 0 Å². The number of nitrogens with zero attached hydrogens (tertiary/aromatic N) is 3. The third kappa shape index (κ3) is 5.24. The number of carbonyl (C=O) groups is 1. The quantitative estimate of drug-likeness (QED) is 0.865. The van der Waals surface area contributed by atoms with Crippen molar-refractivity contribution in [2.24, 2.45) is 0 Å². The predicted octanol–water partition coefficient (Wildman–Crippen LogP) is 1.64. The fraction of sp³-hybridized carbons (Fsp3) is 0.714. The number of piperazine rings is 1. The first-order chi connectivity index (χ1) is 10.2. The molecular weight excluding hydrogens is 288 g/mol. The highest BCUT2D eigenvalue weighted by Gasteiger charge is 2.22. The minimum absolute atomic E-state index is 0.0599. The van der Waals surface area contributed by atoms with E-state index in [1.807, 2.05) is 22.7 Å². The zero-order chi connectivity index (χ0) is 15.1. The van der Waals surface area contributed by atoms with Gasteiger partial charge in [-0.25, -0.2) is 4.79 Å². The summed E-state index contributed by atoms with van der Waals surface area (Å²) in [6.45, 7) is 6.13. The summed E-state index contributed by atoms with van der Waals surface area (Å²) >= 11 is 1.81. The second-order valence-corrected chi connectivity index (χ2v) is 6.37. The Morgan fingerprint density at radius 3 is 2.86 bits per heavy atom. The van der Waals surface area contributed by atoms with E-state index in [2.05, 4.69) is 28.6 Å². The fourth-order valence-corrected chi connectivity index (χ4v) is 2.92. The Morgan fingerprint density at radius 1 is 1.48 bits per heavy atom. The number of thioether (sulfide) groups is 1. The van der Waals surface area contributed by atoms with Crippen molar-refractivity contribution in [3.8, 4) is 0 Å². The lowest BCUT2D eigenvalue weighted by atomic mass is 10.2. The first kappa shape index (κ1) is 16.2. The van der Waals surface area contributed by atoms with E-state index in [9.17, 15) is 4.79 Å². The minimum Gasteiger partial charge on any atom is -0.364 e. The van der Waals surface area contributed by atoms with Gasteiger partial charge in [-0.15, -0.1) is 0 Å². The summed E-state index contributed by atoms with van der Waals surface area (Å²) in [4.78, 5) is 16.3. The molecule has 0 spiro atoms. The van der Waals surface area contributed by atoms with Crippen LogP contribution >= 0.6 is 11.8 Å². The first-order valence-electron chi connectivity index (χ1n) is 7.35. The second-order valence-electron chi connectivity index (χ2n) is 5.39. The molecule has 1 atom stereocenters. The molecule has 1 N–H and O–H groups in total. The molecule has 1 fully saturated rings. The number of hydrogen-bond donors (Lipinski definition) is 1. The summed E-state index contributed by atoms with van der Waals surface area (Å²) in [5.74, 6) is 1.08. The largest absolute Gasteiger partial charge is 0.364 e. The maximum atomic E-state index is 12.2.